The number of fused-ring (bicyclic) bond motifs is 1. The first kappa shape index (κ1) is 27.2. The molecule has 3 aromatic rings. The first-order valence-corrected chi connectivity index (χ1v) is 14.1. The highest BCUT2D eigenvalue weighted by Crippen LogP contribution is 2.52. The van der Waals surface area contributed by atoms with E-state index in [1.165, 1.54) is 30.3 Å². The summed E-state index contributed by atoms with van der Waals surface area (Å²) in [6.07, 6.45) is 0.251. The van der Waals surface area contributed by atoms with E-state index in [9.17, 15) is 18.3 Å². The molecule has 2 aliphatic rings. The van der Waals surface area contributed by atoms with Crippen LogP contribution in [-0.4, -0.2) is 36.8 Å². The van der Waals surface area contributed by atoms with Crippen molar-refractivity contribution in [1.29, 1.82) is 5.26 Å². The number of nitriles is 1. The average Bonchev–Trinajstić information content (AvgIpc) is 3.11. The number of para-hydroxylation sites is 1. The number of carbonyl (C=O) groups is 1. The van der Waals surface area contributed by atoms with Crippen LogP contribution in [0.5, 0.6) is 11.5 Å². The lowest BCUT2D eigenvalue weighted by Gasteiger charge is -2.37. The number of anilines is 2. The number of carbonyl (C=O) groups excluding carboxylic acids is 1. The summed E-state index contributed by atoms with van der Waals surface area (Å²) in [5.74, 6) is -1.57. The van der Waals surface area contributed by atoms with Crippen LogP contribution >= 0.6 is 0 Å². The number of aromatic nitrogens is 1. The van der Waals surface area contributed by atoms with Crippen LogP contribution in [0.2, 0.25) is 0 Å². The lowest BCUT2D eigenvalue weighted by molar-refractivity contribution is 0.0974. The predicted octanol–water partition coefficient (Wildman–Crippen LogP) is 4.91. The fourth-order valence-electron chi connectivity index (χ4n) is 5.39. The molecule has 1 atom stereocenters. The lowest BCUT2D eigenvalue weighted by Crippen LogP contribution is -2.41. The smallest absolute Gasteiger partial charge is 0.281 e. The largest absolute Gasteiger partial charge is 0.506 e. The molecule has 2 aromatic carbocycles. The summed E-state index contributed by atoms with van der Waals surface area (Å²) in [6, 6.07) is 8.57. The number of hydrogen-bond donors (Lipinski definition) is 2. The van der Waals surface area contributed by atoms with E-state index in [2.05, 4.69) is 10.3 Å². The molecule has 5 rings (SSSR count). The summed E-state index contributed by atoms with van der Waals surface area (Å²) >= 11 is 0. The zero-order chi connectivity index (χ0) is 29.0. The van der Waals surface area contributed by atoms with Gasteiger partial charge in [0.05, 0.1) is 16.3 Å². The van der Waals surface area contributed by atoms with E-state index in [1.807, 2.05) is 6.07 Å². The highest BCUT2D eigenvalue weighted by atomic mass is 32.2. The second-order valence-electron chi connectivity index (χ2n) is 10.6. The Kier molecular flexibility index (Phi) is 6.58. The van der Waals surface area contributed by atoms with Gasteiger partial charge in [0.25, 0.3) is 5.91 Å². The second kappa shape index (κ2) is 9.67. The van der Waals surface area contributed by atoms with Gasteiger partial charge in [-0.25, -0.2) is 17.8 Å². The quantitative estimate of drug-likeness (QED) is 0.421. The molecule has 1 amide bonds. The van der Waals surface area contributed by atoms with Crippen LogP contribution in [0.3, 0.4) is 0 Å². The molecule has 1 unspecified atom stereocenters. The van der Waals surface area contributed by atoms with Gasteiger partial charge in [0, 0.05) is 24.3 Å². The van der Waals surface area contributed by atoms with Gasteiger partial charge in [0.2, 0.25) is 0 Å². The molecule has 3 heterocycles. The number of nitrogens with zero attached hydrogens (tertiary/aromatic N) is 3. The third-order valence-electron chi connectivity index (χ3n) is 6.83. The Morgan fingerprint density at radius 3 is 2.73 bits per heavy atom. The van der Waals surface area contributed by atoms with Gasteiger partial charge in [-0.3, -0.25) is 9.69 Å². The Morgan fingerprint density at radius 1 is 1.32 bits per heavy atom. The predicted molar refractivity (Wildman–Crippen MR) is 144 cm³/mol. The number of allylic oxidation sites excluding steroid dienone is 1. The highest BCUT2D eigenvalue weighted by Gasteiger charge is 2.48. The van der Waals surface area contributed by atoms with Gasteiger partial charge in [-0.15, -0.1) is 0 Å². The standard InChI is InChI=1S/C28H27FN4O6S/c1-15-23(31-16(2)39-15)27(35)33-21-6-5-7-22(34)24(21)32-20-13-28(3,4)14-40(36,37)26(20)25(33)18-9-8-17(12-19(18)29)38-11-10-30/h5-9,12,25,32,34H,11,13-14H2,1-4H3. The van der Waals surface area contributed by atoms with E-state index >= 15 is 4.39 Å². The number of sulfone groups is 1. The number of phenolic OH excluding ortho intramolecular Hbond substituents is 1. The summed E-state index contributed by atoms with van der Waals surface area (Å²) < 4.78 is 54.6. The Morgan fingerprint density at radius 2 is 2.08 bits per heavy atom. The number of nitrogens with one attached hydrogen (secondary N) is 1. The van der Waals surface area contributed by atoms with E-state index in [0.29, 0.717) is 0 Å². The van der Waals surface area contributed by atoms with Crippen molar-refractivity contribution < 1.29 is 31.9 Å². The van der Waals surface area contributed by atoms with Crippen molar-refractivity contribution in [3.8, 4) is 17.6 Å². The molecule has 2 N–H and O–H groups in total. The summed E-state index contributed by atoms with van der Waals surface area (Å²) in [5.41, 5.74) is -0.413. The topological polar surface area (TPSA) is 146 Å². The third-order valence-corrected chi connectivity index (χ3v) is 9.13. The number of aromatic hydroxyl groups is 1. The zero-order valence-corrected chi connectivity index (χ0v) is 23.1. The molecule has 0 radical (unpaired) electrons. The van der Waals surface area contributed by atoms with Crippen LogP contribution in [0, 0.1) is 36.4 Å². The molecule has 40 heavy (non-hydrogen) atoms. The number of oxazole rings is 1. The number of benzene rings is 2. The van der Waals surface area contributed by atoms with Crippen LogP contribution in [0.4, 0.5) is 15.8 Å². The van der Waals surface area contributed by atoms with Crippen LogP contribution in [-0.2, 0) is 9.84 Å². The van der Waals surface area contributed by atoms with Crippen molar-refractivity contribution in [3.05, 3.63) is 75.7 Å². The summed E-state index contributed by atoms with van der Waals surface area (Å²) in [6.45, 7) is 6.40. The highest BCUT2D eigenvalue weighted by molar-refractivity contribution is 7.95. The Balaban J connectivity index is 1.85. The fraction of sp³-hybridized carbons (Fsp3) is 0.321. The van der Waals surface area contributed by atoms with Crippen molar-refractivity contribution in [2.24, 2.45) is 5.41 Å². The summed E-state index contributed by atoms with van der Waals surface area (Å²) in [4.78, 5) is 19.4. The Bertz CT molecular complexity index is 1720. The van der Waals surface area contributed by atoms with Crippen molar-refractivity contribution in [3.63, 3.8) is 0 Å². The first-order chi connectivity index (χ1) is 18.8. The molecule has 0 saturated heterocycles. The van der Waals surface area contributed by atoms with Gasteiger partial charge >= 0.3 is 0 Å². The normalized spacial score (nSPS) is 19.1. The zero-order valence-electron chi connectivity index (χ0n) is 22.3. The van der Waals surface area contributed by atoms with Crippen LogP contribution < -0.4 is 15.0 Å². The molecule has 1 aromatic heterocycles. The number of ether oxygens (including phenoxy) is 1. The van der Waals surface area contributed by atoms with Crippen molar-refractivity contribution in [1.82, 2.24) is 4.98 Å². The van der Waals surface area contributed by atoms with Crippen molar-refractivity contribution in [2.75, 3.05) is 22.6 Å². The molecule has 0 spiro atoms. The second-order valence-corrected chi connectivity index (χ2v) is 12.5. The minimum atomic E-state index is -4.08. The number of aryl methyl sites for hydroxylation is 2. The minimum absolute atomic E-state index is 0.0651. The number of phenols is 1. The first-order valence-electron chi connectivity index (χ1n) is 12.4. The molecule has 0 saturated carbocycles. The summed E-state index contributed by atoms with van der Waals surface area (Å²) in [7, 11) is -4.08. The van der Waals surface area contributed by atoms with Crippen LogP contribution in [0.15, 0.2) is 51.4 Å². The van der Waals surface area contributed by atoms with Gasteiger partial charge < -0.3 is 19.6 Å². The van der Waals surface area contributed by atoms with Gasteiger partial charge in [0.15, 0.2) is 28.0 Å². The fourth-order valence-corrected chi connectivity index (χ4v) is 7.74. The molecule has 208 valence electrons. The van der Waals surface area contributed by atoms with Gasteiger partial charge in [-0.05, 0) is 43.0 Å². The minimum Gasteiger partial charge on any atom is -0.506 e. The molecule has 10 nitrogen and oxygen atoms in total. The lowest BCUT2D eigenvalue weighted by atomic mass is 9.88. The number of halogens is 1. The Labute approximate surface area is 230 Å². The van der Waals surface area contributed by atoms with E-state index < -0.39 is 33.0 Å². The molecule has 0 bridgehead atoms. The monoisotopic (exact) mass is 566 g/mol. The van der Waals surface area contributed by atoms with Crippen LogP contribution in [0.1, 0.15) is 54.0 Å². The maximum Gasteiger partial charge on any atom is 0.281 e. The molecule has 0 fully saturated rings. The van der Waals surface area contributed by atoms with Crippen molar-refractivity contribution in [2.45, 2.75) is 40.2 Å². The maximum absolute atomic E-state index is 15.9. The molecular weight excluding hydrogens is 539 g/mol. The third kappa shape index (κ3) is 4.66. The summed E-state index contributed by atoms with van der Waals surface area (Å²) in [5, 5.41) is 22.8. The van der Waals surface area contributed by atoms with E-state index in [4.69, 9.17) is 14.4 Å². The number of rotatable bonds is 4. The Hall–Kier alpha value is -4.37. The van der Waals surface area contributed by atoms with E-state index in [0.717, 1.165) is 11.0 Å². The van der Waals surface area contributed by atoms with E-state index in [-0.39, 0.29) is 75.2 Å². The molecule has 2 aliphatic heterocycles. The van der Waals surface area contributed by atoms with Gasteiger partial charge in [0.1, 0.15) is 40.9 Å². The molecule has 12 heteroatoms. The van der Waals surface area contributed by atoms with Gasteiger partial charge in [-0.2, -0.15) is 5.26 Å². The molecular formula is C28H27FN4O6S. The van der Waals surface area contributed by atoms with Crippen LogP contribution in [0.25, 0.3) is 0 Å². The number of amides is 1. The van der Waals surface area contributed by atoms with Gasteiger partial charge in [-0.1, -0.05) is 19.9 Å². The number of hydrogen-bond acceptors (Lipinski definition) is 9. The van der Waals surface area contributed by atoms with Crippen molar-refractivity contribution >= 4 is 27.1 Å². The molecule has 0 aliphatic carbocycles. The average molecular weight is 567 g/mol. The van der Waals surface area contributed by atoms with E-state index in [1.54, 1.807) is 27.7 Å². The maximum atomic E-state index is 15.9. The SMILES string of the molecule is Cc1nc(C(=O)N2c3cccc(O)c3NC3=C(C2c2ccc(OCC#N)cc2F)S(=O)(=O)CC(C)(C)C3)c(C)o1.